The molecule has 1 aliphatic rings. The second-order valence-electron chi connectivity index (χ2n) is 5.93. The Bertz CT molecular complexity index is 553. The Kier molecular flexibility index (Phi) is 6.34. The van der Waals surface area contributed by atoms with Gasteiger partial charge in [-0.25, -0.2) is 4.79 Å². The molecule has 0 aromatic heterocycles. The number of halogens is 3. The lowest BCUT2D eigenvalue weighted by Gasteiger charge is -2.19. The quantitative estimate of drug-likeness (QED) is 0.760. The molecule has 2 N–H and O–H groups in total. The van der Waals surface area contributed by atoms with E-state index in [1.165, 1.54) is 12.1 Å². The van der Waals surface area contributed by atoms with Crippen LogP contribution in [0.25, 0.3) is 0 Å². The molecular formula is C17H23F3N2O2. The first-order valence-electron chi connectivity index (χ1n) is 8.31. The van der Waals surface area contributed by atoms with Gasteiger partial charge >= 0.3 is 12.2 Å². The van der Waals surface area contributed by atoms with Crippen molar-refractivity contribution in [1.29, 1.82) is 0 Å². The fourth-order valence-corrected chi connectivity index (χ4v) is 2.89. The summed E-state index contributed by atoms with van der Waals surface area (Å²) in [6.07, 6.45) is 1.49. The van der Waals surface area contributed by atoms with Gasteiger partial charge in [-0.3, -0.25) is 0 Å². The number of urea groups is 1. The number of carbonyl (C=O) groups excluding carboxylic acids is 1. The molecule has 2 amide bonds. The summed E-state index contributed by atoms with van der Waals surface area (Å²) in [5.74, 6) is 0.125. The summed E-state index contributed by atoms with van der Waals surface area (Å²) in [4.78, 5) is 12.1. The van der Waals surface area contributed by atoms with Gasteiger partial charge < -0.3 is 15.4 Å². The molecule has 2 rings (SSSR count). The molecule has 7 heteroatoms. The minimum absolute atomic E-state index is 0.0181. The van der Waals surface area contributed by atoms with Gasteiger partial charge in [-0.05, 0) is 38.0 Å². The molecule has 4 nitrogen and oxygen atoms in total. The van der Waals surface area contributed by atoms with Gasteiger partial charge in [0.25, 0.3) is 0 Å². The van der Waals surface area contributed by atoms with Gasteiger partial charge in [0.05, 0.1) is 17.9 Å². The van der Waals surface area contributed by atoms with Crippen molar-refractivity contribution in [3.63, 3.8) is 0 Å². The predicted molar refractivity (Wildman–Crippen MR) is 86.3 cm³/mol. The summed E-state index contributed by atoms with van der Waals surface area (Å²) in [5.41, 5.74) is -1.18. The molecular weight excluding hydrogens is 321 g/mol. The number of carbonyl (C=O) groups is 1. The van der Waals surface area contributed by atoms with E-state index < -0.39 is 17.8 Å². The van der Waals surface area contributed by atoms with Crippen molar-refractivity contribution in [3.8, 4) is 5.75 Å². The standard InChI is InChI=1S/C17H23F3N2O2/c1-2-24-13-9-10-15(14(11-13)17(18,19)20)22-16(23)21-12-7-5-3-4-6-8-12/h9-12H,2-8H2,1H3,(H2,21,22,23). The van der Waals surface area contributed by atoms with Gasteiger partial charge in [0, 0.05) is 6.04 Å². The van der Waals surface area contributed by atoms with E-state index in [1.807, 2.05) is 0 Å². The smallest absolute Gasteiger partial charge is 0.418 e. The minimum atomic E-state index is -4.57. The summed E-state index contributed by atoms with van der Waals surface area (Å²) in [6.45, 7) is 1.96. The monoisotopic (exact) mass is 344 g/mol. The van der Waals surface area contributed by atoms with Crippen LogP contribution < -0.4 is 15.4 Å². The molecule has 1 saturated carbocycles. The molecule has 1 fully saturated rings. The van der Waals surface area contributed by atoms with Gasteiger partial charge in [-0.15, -0.1) is 0 Å². The molecule has 1 aromatic rings. The van der Waals surface area contributed by atoms with E-state index in [1.54, 1.807) is 6.92 Å². The van der Waals surface area contributed by atoms with Crippen molar-refractivity contribution < 1.29 is 22.7 Å². The zero-order chi connectivity index (χ0) is 17.6. The Morgan fingerprint density at radius 1 is 1.21 bits per heavy atom. The summed E-state index contributed by atoms with van der Waals surface area (Å²) in [6, 6.07) is 2.96. The maximum Gasteiger partial charge on any atom is 0.418 e. The van der Waals surface area contributed by atoms with Crippen LogP contribution in [-0.4, -0.2) is 18.7 Å². The van der Waals surface area contributed by atoms with Crippen molar-refractivity contribution >= 4 is 11.7 Å². The molecule has 0 unspecified atom stereocenters. The summed E-state index contributed by atoms with van der Waals surface area (Å²) < 4.78 is 44.7. The Morgan fingerprint density at radius 2 is 1.88 bits per heavy atom. The lowest BCUT2D eigenvalue weighted by molar-refractivity contribution is -0.137. The number of ether oxygens (including phenoxy) is 1. The third kappa shape index (κ3) is 5.32. The topological polar surface area (TPSA) is 50.4 Å². The van der Waals surface area contributed by atoms with Crippen LogP contribution in [-0.2, 0) is 6.18 Å². The van der Waals surface area contributed by atoms with E-state index in [2.05, 4.69) is 10.6 Å². The summed E-state index contributed by atoms with van der Waals surface area (Å²) in [7, 11) is 0. The van der Waals surface area contributed by atoms with Crippen molar-refractivity contribution in [2.45, 2.75) is 57.7 Å². The normalized spacial score (nSPS) is 16.3. The van der Waals surface area contributed by atoms with E-state index in [4.69, 9.17) is 4.74 Å². The molecule has 24 heavy (non-hydrogen) atoms. The molecule has 0 radical (unpaired) electrons. The lowest BCUT2D eigenvalue weighted by Crippen LogP contribution is -2.38. The lowest BCUT2D eigenvalue weighted by atomic mass is 10.1. The first kappa shape index (κ1) is 18.4. The van der Waals surface area contributed by atoms with Gasteiger partial charge in [0.1, 0.15) is 5.75 Å². The van der Waals surface area contributed by atoms with E-state index >= 15 is 0 Å². The first-order valence-corrected chi connectivity index (χ1v) is 8.31. The van der Waals surface area contributed by atoms with Crippen molar-refractivity contribution in [2.75, 3.05) is 11.9 Å². The molecule has 0 saturated heterocycles. The molecule has 1 aliphatic carbocycles. The second-order valence-corrected chi connectivity index (χ2v) is 5.93. The Labute approximate surface area is 139 Å². The van der Waals surface area contributed by atoms with Crippen molar-refractivity contribution in [3.05, 3.63) is 23.8 Å². The van der Waals surface area contributed by atoms with E-state index in [0.717, 1.165) is 44.6 Å². The third-order valence-corrected chi connectivity index (χ3v) is 4.05. The average molecular weight is 344 g/mol. The maximum atomic E-state index is 13.2. The Hall–Kier alpha value is -1.92. The van der Waals surface area contributed by atoms with Gasteiger partial charge in [-0.2, -0.15) is 13.2 Å². The van der Waals surface area contributed by atoms with Crippen LogP contribution in [0.5, 0.6) is 5.75 Å². The molecule has 0 aliphatic heterocycles. The number of alkyl halides is 3. The molecule has 134 valence electrons. The highest BCUT2D eigenvalue weighted by Crippen LogP contribution is 2.37. The van der Waals surface area contributed by atoms with Gasteiger partial charge in [-0.1, -0.05) is 25.7 Å². The van der Waals surface area contributed by atoms with Crippen LogP contribution in [0.2, 0.25) is 0 Å². The number of anilines is 1. The Morgan fingerprint density at radius 3 is 2.46 bits per heavy atom. The number of hydrogen-bond donors (Lipinski definition) is 2. The number of amides is 2. The number of benzene rings is 1. The van der Waals surface area contributed by atoms with Crippen LogP contribution in [0.4, 0.5) is 23.7 Å². The van der Waals surface area contributed by atoms with Crippen molar-refractivity contribution in [1.82, 2.24) is 5.32 Å². The maximum absolute atomic E-state index is 13.2. The van der Waals surface area contributed by atoms with E-state index in [-0.39, 0.29) is 24.1 Å². The molecule has 1 aromatic carbocycles. The zero-order valence-corrected chi connectivity index (χ0v) is 13.7. The van der Waals surface area contributed by atoms with Crippen LogP contribution in [0, 0.1) is 0 Å². The minimum Gasteiger partial charge on any atom is -0.494 e. The molecule has 0 atom stereocenters. The number of rotatable bonds is 4. The number of nitrogens with one attached hydrogen (secondary N) is 2. The van der Waals surface area contributed by atoms with Gasteiger partial charge in [0.2, 0.25) is 0 Å². The van der Waals surface area contributed by atoms with Crippen LogP contribution in [0.1, 0.15) is 51.0 Å². The molecule has 0 bridgehead atoms. The van der Waals surface area contributed by atoms with Crippen molar-refractivity contribution in [2.24, 2.45) is 0 Å². The molecule has 0 spiro atoms. The zero-order valence-electron chi connectivity index (χ0n) is 13.7. The highest BCUT2D eigenvalue weighted by molar-refractivity contribution is 5.90. The number of hydrogen-bond acceptors (Lipinski definition) is 2. The fourth-order valence-electron chi connectivity index (χ4n) is 2.89. The van der Waals surface area contributed by atoms with Crippen LogP contribution in [0.3, 0.4) is 0 Å². The highest BCUT2D eigenvalue weighted by Gasteiger charge is 2.34. The van der Waals surface area contributed by atoms with Crippen LogP contribution >= 0.6 is 0 Å². The average Bonchev–Trinajstić information content (AvgIpc) is 2.76. The van der Waals surface area contributed by atoms with E-state index in [0.29, 0.717) is 0 Å². The highest BCUT2D eigenvalue weighted by atomic mass is 19.4. The SMILES string of the molecule is CCOc1ccc(NC(=O)NC2CCCCCC2)c(C(F)(F)F)c1. The Balaban J connectivity index is 2.08. The second kappa shape index (κ2) is 8.26. The van der Waals surface area contributed by atoms with E-state index in [9.17, 15) is 18.0 Å². The first-order chi connectivity index (χ1) is 11.4. The summed E-state index contributed by atoms with van der Waals surface area (Å²) in [5, 5.41) is 5.11. The van der Waals surface area contributed by atoms with Gasteiger partial charge in [0.15, 0.2) is 0 Å². The molecule has 0 heterocycles. The largest absolute Gasteiger partial charge is 0.494 e. The summed E-state index contributed by atoms with van der Waals surface area (Å²) >= 11 is 0. The third-order valence-electron chi connectivity index (χ3n) is 4.05. The van der Waals surface area contributed by atoms with Crippen LogP contribution in [0.15, 0.2) is 18.2 Å². The predicted octanol–water partition coefficient (Wildman–Crippen LogP) is 4.95. The fraction of sp³-hybridized carbons (Fsp3) is 0.588.